The second-order valence-corrected chi connectivity index (χ2v) is 4.91. The molecule has 1 heterocycles. The Bertz CT molecular complexity index is 590. The molecule has 0 aliphatic carbocycles. The standard InChI is InChI=1S/C15H20N4O2/c1-3-19-10-17-18-14(19)12-4-6-13(7-5-12)15(21)16-9-8-11(2)20/h4-7,10-11,20H,3,8-9H2,1-2H3,(H,16,21). The molecule has 0 spiro atoms. The molecule has 6 nitrogen and oxygen atoms in total. The van der Waals surface area contributed by atoms with Gasteiger partial charge >= 0.3 is 0 Å². The van der Waals surface area contributed by atoms with Crippen LogP contribution in [0.3, 0.4) is 0 Å². The molecular formula is C15H20N4O2. The second kappa shape index (κ2) is 6.99. The van der Waals surface area contributed by atoms with Crippen molar-refractivity contribution < 1.29 is 9.90 Å². The zero-order valence-electron chi connectivity index (χ0n) is 12.3. The summed E-state index contributed by atoms with van der Waals surface area (Å²) in [6.45, 7) is 4.98. The first kappa shape index (κ1) is 15.2. The average molecular weight is 288 g/mol. The molecule has 0 saturated heterocycles. The van der Waals surface area contributed by atoms with Crippen molar-refractivity contribution in [3.63, 3.8) is 0 Å². The summed E-state index contributed by atoms with van der Waals surface area (Å²) in [6.07, 6.45) is 1.82. The van der Waals surface area contributed by atoms with E-state index in [0.717, 1.165) is 17.9 Å². The minimum Gasteiger partial charge on any atom is -0.393 e. The van der Waals surface area contributed by atoms with E-state index in [1.54, 1.807) is 25.4 Å². The minimum absolute atomic E-state index is 0.140. The molecule has 0 aliphatic heterocycles. The number of nitrogens with zero attached hydrogens (tertiary/aromatic N) is 3. The SMILES string of the molecule is CCn1cnnc1-c1ccc(C(=O)NCCC(C)O)cc1. The van der Waals surface area contributed by atoms with Gasteiger partial charge in [0.2, 0.25) is 0 Å². The van der Waals surface area contributed by atoms with E-state index in [1.807, 2.05) is 23.6 Å². The monoisotopic (exact) mass is 288 g/mol. The number of aliphatic hydroxyl groups is 1. The number of hydrogen-bond donors (Lipinski definition) is 2. The fourth-order valence-corrected chi connectivity index (χ4v) is 1.98. The Labute approximate surface area is 123 Å². The van der Waals surface area contributed by atoms with E-state index in [1.165, 1.54) is 0 Å². The van der Waals surface area contributed by atoms with E-state index >= 15 is 0 Å². The van der Waals surface area contributed by atoms with Crippen LogP contribution in [0, 0.1) is 0 Å². The first-order valence-corrected chi connectivity index (χ1v) is 7.06. The number of aromatic nitrogens is 3. The summed E-state index contributed by atoms with van der Waals surface area (Å²) >= 11 is 0. The number of carbonyl (C=O) groups is 1. The van der Waals surface area contributed by atoms with Gasteiger partial charge in [-0.15, -0.1) is 10.2 Å². The zero-order valence-corrected chi connectivity index (χ0v) is 12.3. The fourth-order valence-electron chi connectivity index (χ4n) is 1.98. The topological polar surface area (TPSA) is 80.0 Å². The van der Waals surface area contributed by atoms with Crippen LogP contribution in [0.15, 0.2) is 30.6 Å². The lowest BCUT2D eigenvalue weighted by atomic mass is 10.1. The Morgan fingerprint density at radius 1 is 1.38 bits per heavy atom. The van der Waals surface area contributed by atoms with Crippen molar-refractivity contribution in [2.75, 3.05) is 6.54 Å². The highest BCUT2D eigenvalue weighted by Crippen LogP contribution is 2.17. The Kier molecular flexibility index (Phi) is 5.05. The van der Waals surface area contributed by atoms with Crippen molar-refractivity contribution in [3.05, 3.63) is 36.2 Å². The number of carbonyl (C=O) groups excluding carboxylic acids is 1. The Morgan fingerprint density at radius 3 is 2.71 bits per heavy atom. The molecule has 2 rings (SSSR count). The molecule has 0 bridgehead atoms. The molecule has 0 aliphatic rings. The Hall–Kier alpha value is -2.21. The fraction of sp³-hybridized carbons (Fsp3) is 0.400. The van der Waals surface area contributed by atoms with Gasteiger partial charge < -0.3 is 15.0 Å². The van der Waals surface area contributed by atoms with Crippen LogP contribution in [0.25, 0.3) is 11.4 Å². The summed E-state index contributed by atoms with van der Waals surface area (Å²) < 4.78 is 1.94. The number of amides is 1. The van der Waals surface area contributed by atoms with Crippen LogP contribution in [0.1, 0.15) is 30.6 Å². The summed E-state index contributed by atoms with van der Waals surface area (Å²) in [4.78, 5) is 11.9. The van der Waals surface area contributed by atoms with E-state index in [-0.39, 0.29) is 5.91 Å². The van der Waals surface area contributed by atoms with Gasteiger partial charge in [0.05, 0.1) is 6.10 Å². The summed E-state index contributed by atoms with van der Waals surface area (Å²) in [5, 5.41) is 19.9. The molecule has 1 aromatic heterocycles. The van der Waals surface area contributed by atoms with Gasteiger partial charge in [-0.05, 0) is 32.4 Å². The van der Waals surface area contributed by atoms with Gasteiger partial charge in [-0.1, -0.05) is 12.1 Å². The quantitative estimate of drug-likeness (QED) is 0.843. The lowest BCUT2D eigenvalue weighted by molar-refractivity contribution is 0.0945. The van der Waals surface area contributed by atoms with Crippen LogP contribution >= 0.6 is 0 Å². The highest BCUT2D eigenvalue weighted by atomic mass is 16.3. The molecule has 2 N–H and O–H groups in total. The summed E-state index contributed by atoms with van der Waals surface area (Å²) in [5.41, 5.74) is 1.52. The van der Waals surface area contributed by atoms with Crippen molar-refractivity contribution in [2.45, 2.75) is 32.9 Å². The lowest BCUT2D eigenvalue weighted by Gasteiger charge is -2.08. The van der Waals surface area contributed by atoms with Crippen LogP contribution < -0.4 is 5.32 Å². The van der Waals surface area contributed by atoms with Gasteiger partial charge in [0, 0.05) is 24.2 Å². The number of nitrogens with one attached hydrogen (secondary N) is 1. The Morgan fingerprint density at radius 2 is 2.10 bits per heavy atom. The van der Waals surface area contributed by atoms with Gasteiger partial charge in [0.25, 0.3) is 5.91 Å². The largest absolute Gasteiger partial charge is 0.393 e. The summed E-state index contributed by atoms with van der Waals surface area (Å²) in [6, 6.07) is 7.25. The number of hydrogen-bond acceptors (Lipinski definition) is 4. The zero-order chi connectivity index (χ0) is 15.2. The normalized spacial score (nSPS) is 12.1. The third-order valence-corrected chi connectivity index (χ3v) is 3.21. The van der Waals surface area contributed by atoms with E-state index < -0.39 is 6.10 Å². The average Bonchev–Trinajstić information content (AvgIpc) is 2.95. The Balaban J connectivity index is 2.03. The van der Waals surface area contributed by atoms with Crippen LogP contribution in [0.4, 0.5) is 0 Å². The van der Waals surface area contributed by atoms with Crippen LogP contribution in [0.5, 0.6) is 0 Å². The molecule has 0 fully saturated rings. The molecule has 6 heteroatoms. The number of benzene rings is 1. The molecule has 1 amide bonds. The molecule has 1 atom stereocenters. The lowest BCUT2D eigenvalue weighted by Crippen LogP contribution is -2.26. The highest BCUT2D eigenvalue weighted by Gasteiger charge is 2.09. The van der Waals surface area contributed by atoms with Crippen molar-refractivity contribution in [1.82, 2.24) is 20.1 Å². The predicted octanol–water partition coefficient (Wildman–Crippen LogP) is 1.47. The molecule has 21 heavy (non-hydrogen) atoms. The van der Waals surface area contributed by atoms with Crippen LogP contribution in [0.2, 0.25) is 0 Å². The molecule has 0 radical (unpaired) electrons. The van der Waals surface area contributed by atoms with Crippen molar-refractivity contribution in [3.8, 4) is 11.4 Å². The molecule has 0 saturated carbocycles. The summed E-state index contributed by atoms with van der Waals surface area (Å²) in [7, 11) is 0. The summed E-state index contributed by atoms with van der Waals surface area (Å²) in [5.74, 6) is 0.651. The third kappa shape index (κ3) is 3.88. The van der Waals surface area contributed by atoms with Gasteiger partial charge in [-0.25, -0.2) is 0 Å². The molecule has 1 aromatic carbocycles. The van der Waals surface area contributed by atoms with E-state index in [9.17, 15) is 4.79 Å². The van der Waals surface area contributed by atoms with Crippen molar-refractivity contribution in [1.29, 1.82) is 0 Å². The highest BCUT2D eigenvalue weighted by molar-refractivity contribution is 5.94. The van der Waals surface area contributed by atoms with Gasteiger partial charge in [-0.2, -0.15) is 0 Å². The second-order valence-electron chi connectivity index (χ2n) is 4.91. The number of rotatable bonds is 6. The maximum Gasteiger partial charge on any atom is 0.251 e. The van der Waals surface area contributed by atoms with E-state index in [0.29, 0.717) is 18.5 Å². The smallest absolute Gasteiger partial charge is 0.251 e. The third-order valence-electron chi connectivity index (χ3n) is 3.21. The first-order chi connectivity index (χ1) is 10.1. The van der Waals surface area contributed by atoms with Gasteiger partial charge in [0.15, 0.2) is 5.82 Å². The maximum absolute atomic E-state index is 11.9. The minimum atomic E-state index is -0.409. The molecule has 1 unspecified atom stereocenters. The first-order valence-electron chi connectivity index (χ1n) is 7.06. The van der Waals surface area contributed by atoms with Gasteiger partial charge in [0.1, 0.15) is 6.33 Å². The molecule has 112 valence electrons. The number of aryl methyl sites for hydroxylation is 1. The maximum atomic E-state index is 11.9. The van der Waals surface area contributed by atoms with Gasteiger partial charge in [-0.3, -0.25) is 4.79 Å². The van der Waals surface area contributed by atoms with E-state index in [2.05, 4.69) is 15.5 Å². The predicted molar refractivity (Wildman–Crippen MR) is 79.8 cm³/mol. The van der Waals surface area contributed by atoms with Crippen molar-refractivity contribution >= 4 is 5.91 Å². The van der Waals surface area contributed by atoms with Crippen molar-refractivity contribution in [2.24, 2.45) is 0 Å². The number of aliphatic hydroxyl groups excluding tert-OH is 1. The van der Waals surface area contributed by atoms with Crippen LogP contribution in [-0.2, 0) is 6.54 Å². The van der Waals surface area contributed by atoms with Crippen LogP contribution in [-0.4, -0.2) is 38.4 Å². The van der Waals surface area contributed by atoms with E-state index in [4.69, 9.17) is 5.11 Å². The molecule has 2 aromatic rings. The molecular weight excluding hydrogens is 268 g/mol.